The lowest BCUT2D eigenvalue weighted by atomic mass is 10.2. The molecule has 140 valence electrons. The highest BCUT2D eigenvalue weighted by Gasteiger charge is 2.12. The average molecular weight is 404 g/mol. The Labute approximate surface area is 166 Å². The van der Waals surface area contributed by atoms with Crippen LogP contribution in [0, 0.1) is 13.8 Å². The molecular formula is C19H18ClN3O3S. The molecule has 0 aliphatic heterocycles. The van der Waals surface area contributed by atoms with Crippen LogP contribution in [0.15, 0.2) is 52.1 Å². The van der Waals surface area contributed by atoms with Gasteiger partial charge >= 0.3 is 0 Å². The number of para-hydroxylation sites is 1. The molecule has 8 heteroatoms. The molecule has 0 radical (unpaired) electrons. The second-order valence-electron chi connectivity index (χ2n) is 5.77. The third kappa shape index (κ3) is 5.24. The first kappa shape index (κ1) is 19.3. The third-order valence-electron chi connectivity index (χ3n) is 3.76. The molecule has 0 unspecified atom stereocenters. The SMILES string of the molecule is Cc1ccccc1OCc1nnc(SCC(=O)Nc2cccc(Cl)c2C)o1. The van der Waals surface area contributed by atoms with Crippen molar-refractivity contribution in [3.63, 3.8) is 0 Å². The lowest BCUT2D eigenvalue weighted by Gasteiger charge is -2.08. The van der Waals surface area contributed by atoms with Gasteiger partial charge in [0.1, 0.15) is 5.75 Å². The number of carbonyl (C=O) groups excluding carboxylic acids is 1. The Balaban J connectivity index is 1.50. The summed E-state index contributed by atoms with van der Waals surface area (Å²) in [6, 6.07) is 13.1. The first-order valence-corrected chi connectivity index (χ1v) is 9.58. The zero-order chi connectivity index (χ0) is 19.2. The van der Waals surface area contributed by atoms with E-state index in [0.717, 1.165) is 28.6 Å². The molecule has 0 saturated heterocycles. The zero-order valence-corrected chi connectivity index (χ0v) is 16.4. The van der Waals surface area contributed by atoms with Gasteiger partial charge < -0.3 is 14.5 Å². The molecule has 0 atom stereocenters. The van der Waals surface area contributed by atoms with E-state index in [-0.39, 0.29) is 18.3 Å². The predicted molar refractivity (Wildman–Crippen MR) is 105 cm³/mol. The minimum atomic E-state index is -0.179. The monoisotopic (exact) mass is 403 g/mol. The Hall–Kier alpha value is -2.51. The van der Waals surface area contributed by atoms with Gasteiger partial charge in [0.05, 0.1) is 5.75 Å². The summed E-state index contributed by atoms with van der Waals surface area (Å²) in [6.07, 6.45) is 0. The van der Waals surface area contributed by atoms with Crippen LogP contribution in [-0.2, 0) is 11.4 Å². The fraction of sp³-hybridized carbons (Fsp3) is 0.211. The number of anilines is 1. The summed E-state index contributed by atoms with van der Waals surface area (Å²) >= 11 is 7.22. The molecule has 0 saturated carbocycles. The molecular weight excluding hydrogens is 386 g/mol. The maximum Gasteiger partial charge on any atom is 0.277 e. The Morgan fingerprint density at radius 1 is 1.19 bits per heavy atom. The summed E-state index contributed by atoms with van der Waals surface area (Å²) in [5, 5.41) is 11.6. The summed E-state index contributed by atoms with van der Waals surface area (Å²) in [7, 11) is 0. The number of aryl methyl sites for hydroxylation is 1. The van der Waals surface area contributed by atoms with Crippen molar-refractivity contribution in [2.24, 2.45) is 0 Å². The molecule has 0 spiro atoms. The van der Waals surface area contributed by atoms with Crippen molar-refractivity contribution in [1.82, 2.24) is 10.2 Å². The predicted octanol–water partition coefficient (Wildman–Crippen LogP) is 4.65. The van der Waals surface area contributed by atoms with Crippen molar-refractivity contribution in [1.29, 1.82) is 0 Å². The van der Waals surface area contributed by atoms with Crippen LogP contribution in [0.3, 0.4) is 0 Å². The number of ether oxygens (including phenoxy) is 1. The minimum absolute atomic E-state index is 0.145. The van der Waals surface area contributed by atoms with Crippen LogP contribution in [0.25, 0.3) is 0 Å². The van der Waals surface area contributed by atoms with Gasteiger partial charge in [-0.1, -0.05) is 47.6 Å². The van der Waals surface area contributed by atoms with Gasteiger partial charge in [0, 0.05) is 10.7 Å². The van der Waals surface area contributed by atoms with Crippen LogP contribution in [0.2, 0.25) is 5.02 Å². The average Bonchev–Trinajstić information content (AvgIpc) is 3.11. The van der Waals surface area contributed by atoms with Crippen molar-refractivity contribution in [3.05, 3.63) is 64.5 Å². The van der Waals surface area contributed by atoms with Gasteiger partial charge in [0.25, 0.3) is 11.1 Å². The fourth-order valence-corrected chi connectivity index (χ4v) is 3.02. The number of rotatable bonds is 7. The van der Waals surface area contributed by atoms with Crippen LogP contribution in [0.1, 0.15) is 17.0 Å². The van der Waals surface area contributed by atoms with Crippen molar-refractivity contribution in [2.45, 2.75) is 25.7 Å². The van der Waals surface area contributed by atoms with Crippen LogP contribution in [-0.4, -0.2) is 21.9 Å². The number of hydrogen-bond donors (Lipinski definition) is 1. The number of nitrogens with zero attached hydrogens (tertiary/aromatic N) is 2. The Morgan fingerprint density at radius 3 is 2.81 bits per heavy atom. The van der Waals surface area contributed by atoms with Crippen LogP contribution < -0.4 is 10.1 Å². The first-order chi connectivity index (χ1) is 13.0. The molecule has 0 bridgehead atoms. The van der Waals surface area contributed by atoms with E-state index in [4.69, 9.17) is 20.8 Å². The fourth-order valence-electron chi connectivity index (χ4n) is 2.27. The van der Waals surface area contributed by atoms with E-state index in [2.05, 4.69) is 15.5 Å². The third-order valence-corrected chi connectivity index (χ3v) is 4.99. The number of nitrogens with one attached hydrogen (secondary N) is 1. The number of benzene rings is 2. The van der Waals surface area contributed by atoms with Gasteiger partial charge in [-0.05, 0) is 43.2 Å². The summed E-state index contributed by atoms with van der Waals surface area (Å²) < 4.78 is 11.2. The Kier molecular flexibility index (Phi) is 6.36. The molecule has 0 aliphatic carbocycles. The second-order valence-corrected chi connectivity index (χ2v) is 7.10. The maximum atomic E-state index is 12.1. The largest absolute Gasteiger partial charge is 0.484 e. The summed E-state index contributed by atoms with van der Waals surface area (Å²) in [6.45, 7) is 3.99. The second kappa shape index (κ2) is 8.92. The quantitative estimate of drug-likeness (QED) is 0.578. The number of carbonyl (C=O) groups is 1. The van der Waals surface area contributed by atoms with Gasteiger partial charge in [-0.15, -0.1) is 10.2 Å². The molecule has 0 aliphatic rings. The number of amides is 1. The van der Waals surface area contributed by atoms with Crippen molar-refractivity contribution in [2.75, 3.05) is 11.1 Å². The van der Waals surface area contributed by atoms with Crippen molar-refractivity contribution in [3.8, 4) is 5.75 Å². The maximum absolute atomic E-state index is 12.1. The number of hydrogen-bond acceptors (Lipinski definition) is 6. The van der Waals surface area contributed by atoms with Crippen LogP contribution >= 0.6 is 23.4 Å². The van der Waals surface area contributed by atoms with E-state index >= 15 is 0 Å². The van der Waals surface area contributed by atoms with Gasteiger partial charge in [0.2, 0.25) is 5.91 Å². The van der Waals surface area contributed by atoms with Gasteiger partial charge in [-0.2, -0.15) is 0 Å². The highest BCUT2D eigenvalue weighted by molar-refractivity contribution is 7.99. The van der Waals surface area contributed by atoms with E-state index < -0.39 is 0 Å². The standard InChI is InChI=1S/C19H18ClN3O3S/c1-12-6-3-4-9-16(12)25-10-18-22-23-19(26-18)27-11-17(24)21-15-8-5-7-14(20)13(15)2/h3-9H,10-11H2,1-2H3,(H,21,24). The topological polar surface area (TPSA) is 77.2 Å². The Bertz CT molecular complexity index is 945. The first-order valence-electron chi connectivity index (χ1n) is 8.21. The number of thioether (sulfide) groups is 1. The summed E-state index contributed by atoms with van der Waals surface area (Å²) in [4.78, 5) is 12.1. The molecule has 3 rings (SSSR count). The molecule has 3 aromatic rings. The van der Waals surface area contributed by atoms with E-state index in [1.807, 2.05) is 38.1 Å². The lowest BCUT2D eigenvalue weighted by Crippen LogP contribution is -2.14. The Morgan fingerprint density at radius 2 is 2.00 bits per heavy atom. The van der Waals surface area contributed by atoms with E-state index in [1.54, 1.807) is 18.2 Å². The molecule has 6 nitrogen and oxygen atoms in total. The van der Waals surface area contributed by atoms with Gasteiger partial charge in [-0.3, -0.25) is 4.79 Å². The molecule has 2 aromatic carbocycles. The van der Waals surface area contributed by atoms with Gasteiger partial charge in [-0.25, -0.2) is 0 Å². The lowest BCUT2D eigenvalue weighted by molar-refractivity contribution is -0.113. The van der Waals surface area contributed by atoms with Crippen molar-refractivity contribution >= 4 is 35.0 Å². The van der Waals surface area contributed by atoms with Gasteiger partial charge in [0.15, 0.2) is 6.61 Å². The molecule has 1 aromatic heterocycles. The minimum Gasteiger partial charge on any atom is -0.484 e. The number of aromatic nitrogens is 2. The normalized spacial score (nSPS) is 10.6. The van der Waals surface area contributed by atoms with Crippen molar-refractivity contribution < 1.29 is 13.9 Å². The highest BCUT2D eigenvalue weighted by atomic mass is 35.5. The smallest absolute Gasteiger partial charge is 0.277 e. The molecule has 1 N–H and O–H groups in total. The van der Waals surface area contributed by atoms with E-state index in [1.165, 1.54) is 0 Å². The molecule has 1 heterocycles. The molecule has 1 amide bonds. The van der Waals surface area contributed by atoms with Crippen LogP contribution in [0.5, 0.6) is 5.75 Å². The molecule has 27 heavy (non-hydrogen) atoms. The zero-order valence-electron chi connectivity index (χ0n) is 14.9. The highest BCUT2D eigenvalue weighted by Crippen LogP contribution is 2.24. The van der Waals surface area contributed by atoms with Crippen LogP contribution in [0.4, 0.5) is 5.69 Å². The number of halogens is 1. The summed E-state index contributed by atoms with van der Waals surface area (Å²) in [5.74, 6) is 1.08. The molecule has 0 fully saturated rings. The van der Waals surface area contributed by atoms with E-state index in [9.17, 15) is 4.79 Å². The summed E-state index contributed by atoms with van der Waals surface area (Å²) in [5.41, 5.74) is 2.54. The van der Waals surface area contributed by atoms with E-state index in [0.29, 0.717) is 21.8 Å².